The maximum atomic E-state index is 12.8. The van der Waals surface area contributed by atoms with E-state index in [2.05, 4.69) is 6.08 Å². The monoisotopic (exact) mass is 388 g/mol. The molecule has 5 heteroatoms. The first-order chi connectivity index (χ1) is 13.2. The van der Waals surface area contributed by atoms with E-state index in [4.69, 9.17) is 9.47 Å². The van der Waals surface area contributed by atoms with Gasteiger partial charge in [0.25, 0.3) is 0 Å². The van der Waals surface area contributed by atoms with E-state index < -0.39 is 18.2 Å². The second kappa shape index (κ2) is 9.78. The van der Waals surface area contributed by atoms with Crippen molar-refractivity contribution in [3.8, 4) is 11.5 Å². The third-order valence-electron chi connectivity index (χ3n) is 5.28. The summed E-state index contributed by atoms with van der Waals surface area (Å²) in [5.74, 6) is -0.410. The molecule has 0 bridgehead atoms. The molecule has 0 amide bonds. The lowest BCUT2D eigenvalue weighted by Gasteiger charge is -2.33. The Kier molecular flexibility index (Phi) is 7.69. The summed E-state index contributed by atoms with van der Waals surface area (Å²) in [4.78, 5) is 12.8. The van der Waals surface area contributed by atoms with Crippen LogP contribution < -0.4 is 4.74 Å². The van der Waals surface area contributed by atoms with Crippen LogP contribution in [0.3, 0.4) is 0 Å². The normalized spacial score (nSPS) is 25.5. The molecular formula is C23H32O5. The highest BCUT2D eigenvalue weighted by atomic mass is 16.5. The fraction of sp³-hybridized carbons (Fsp3) is 0.522. The van der Waals surface area contributed by atoms with E-state index in [1.807, 2.05) is 33.8 Å². The van der Waals surface area contributed by atoms with Crippen molar-refractivity contribution >= 4 is 5.97 Å². The zero-order chi connectivity index (χ0) is 20.8. The van der Waals surface area contributed by atoms with E-state index in [0.29, 0.717) is 12.0 Å². The molecule has 1 aliphatic carbocycles. The van der Waals surface area contributed by atoms with Gasteiger partial charge in [0.2, 0.25) is 0 Å². The van der Waals surface area contributed by atoms with E-state index in [0.717, 1.165) is 24.0 Å². The van der Waals surface area contributed by atoms with E-state index in [1.54, 1.807) is 0 Å². The highest BCUT2D eigenvalue weighted by Gasteiger charge is 2.33. The fourth-order valence-corrected chi connectivity index (χ4v) is 3.74. The highest BCUT2D eigenvalue weighted by Crippen LogP contribution is 2.31. The van der Waals surface area contributed by atoms with Crippen LogP contribution >= 0.6 is 0 Å². The Labute approximate surface area is 167 Å². The molecule has 1 aliphatic rings. The van der Waals surface area contributed by atoms with Gasteiger partial charge in [-0.3, -0.25) is 0 Å². The summed E-state index contributed by atoms with van der Waals surface area (Å²) >= 11 is 0. The molecule has 3 atom stereocenters. The van der Waals surface area contributed by atoms with E-state index in [-0.39, 0.29) is 23.3 Å². The zero-order valence-corrected chi connectivity index (χ0v) is 17.4. The number of methoxy groups -OCH3 is 1. The van der Waals surface area contributed by atoms with Crippen LogP contribution in [0.25, 0.3) is 0 Å². The molecule has 3 unspecified atom stereocenters. The Morgan fingerprint density at radius 3 is 2.57 bits per heavy atom. The van der Waals surface area contributed by atoms with Gasteiger partial charge >= 0.3 is 5.97 Å². The van der Waals surface area contributed by atoms with Crippen LogP contribution in [0.2, 0.25) is 0 Å². The second-order valence-electron chi connectivity index (χ2n) is 7.95. The summed E-state index contributed by atoms with van der Waals surface area (Å²) in [6, 6.07) is 4.38. The van der Waals surface area contributed by atoms with E-state index in [1.165, 1.54) is 25.3 Å². The van der Waals surface area contributed by atoms with Gasteiger partial charge in [0, 0.05) is 12.3 Å². The summed E-state index contributed by atoms with van der Waals surface area (Å²) in [5, 5.41) is 20.6. The lowest BCUT2D eigenvalue weighted by Crippen LogP contribution is -2.38. The number of hydrogen-bond acceptors (Lipinski definition) is 5. The summed E-state index contributed by atoms with van der Waals surface area (Å²) in [6.45, 7) is 8.13. The number of hydrogen-bond donors (Lipinski definition) is 2. The summed E-state index contributed by atoms with van der Waals surface area (Å²) in [5.41, 5.74) is 2.59. The minimum Gasteiger partial charge on any atom is -0.504 e. The first kappa shape index (κ1) is 22.0. The van der Waals surface area contributed by atoms with Gasteiger partial charge < -0.3 is 19.7 Å². The predicted molar refractivity (Wildman–Crippen MR) is 110 cm³/mol. The Bertz CT molecular complexity index is 747. The van der Waals surface area contributed by atoms with Crippen LogP contribution in [0.1, 0.15) is 57.3 Å². The van der Waals surface area contributed by atoms with Gasteiger partial charge in [-0.15, -0.1) is 0 Å². The molecule has 0 saturated heterocycles. The Morgan fingerprint density at radius 1 is 1.21 bits per heavy atom. The van der Waals surface area contributed by atoms with Gasteiger partial charge in [0.15, 0.2) is 11.5 Å². The number of phenols is 1. The Hall–Kier alpha value is -2.27. The maximum Gasteiger partial charge on any atom is 0.338 e. The molecule has 0 aromatic heterocycles. The number of phenolic OH excluding ortho intramolecular Hbond substituents is 1. The number of allylic oxidation sites excluding steroid dienone is 2. The van der Waals surface area contributed by atoms with E-state index in [9.17, 15) is 15.0 Å². The van der Waals surface area contributed by atoms with Crippen LogP contribution in [0.5, 0.6) is 11.5 Å². The number of aliphatic hydroxyl groups excluding tert-OH is 1. The predicted octanol–water partition coefficient (Wildman–Crippen LogP) is 4.64. The summed E-state index contributed by atoms with van der Waals surface area (Å²) in [7, 11) is 1.43. The summed E-state index contributed by atoms with van der Waals surface area (Å²) < 4.78 is 11.0. The van der Waals surface area contributed by atoms with Crippen LogP contribution in [0.4, 0.5) is 0 Å². The summed E-state index contributed by atoms with van der Waals surface area (Å²) in [6.07, 6.45) is 5.33. The third-order valence-corrected chi connectivity index (χ3v) is 5.28. The van der Waals surface area contributed by atoms with Gasteiger partial charge in [-0.25, -0.2) is 4.79 Å². The number of aromatic hydroxyl groups is 1. The SMILES string of the molecule is COc1cc(C(=O)OC2CC(C)=CCC/C(C)=C/C(O)C2C(C)C)ccc1O. The van der Waals surface area contributed by atoms with Crippen molar-refractivity contribution in [2.45, 2.75) is 59.2 Å². The van der Waals surface area contributed by atoms with Crippen molar-refractivity contribution in [1.82, 2.24) is 0 Å². The molecule has 154 valence electrons. The molecule has 0 spiro atoms. The quantitative estimate of drug-likeness (QED) is 0.581. The first-order valence-electron chi connectivity index (χ1n) is 9.82. The molecule has 0 heterocycles. The van der Waals surface area contributed by atoms with Gasteiger partial charge in [-0.2, -0.15) is 0 Å². The molecule has 0 radical (unpaired) electrons. The van der Waals surface area contributed by atoms with Crippen LogP contribution in [0, 0.1) is 11.8 Å². The van der Waals surface area contributed by atoms with Crippen molar-refractivity contribution in [1.29, 1.82) is 0 Å². The number of carbonyl (C=O) groups excluding carboxylic acids is 1. The van der Waals surface area contributed by atoms with Crippen molar-refractivity contribution in [2.75, 3.05) is 7.11 Å². The van der Waals surface area contributed by atoms with Crippen LogP contribution in [-0.4, -0.2) is 35.5 Å². The number of ether oxygens (including phenoxy) is 2. The van der Waals surface area contributed by atoms with Crippen LogP contribution in [0.15, 0.2) is 41.5 Å². The fourth-order valence-electron chi connectivity index (χ4n) is 3.74. The minimum atomic E-state index is -0.682. The number of esters is 1. The molecule has 28 heavy (non-hydrogen) atoms. The molecule has 0 fully saturated rings. The lowest BCUT2D eigenvalue weighted by atomic mass is 9.81. The largest absolute Gasteiger partial charge is 0.504 e. The third kappa shape index (κ3) is 5.61. The van der Waals surface area contributed by atoms with Gasteiger partial charge in [0.1, 0.15) is 6.10 Å². The average Bonchev–Trinajstić information content (AvgIpc) is 2.61. The van der Waals surface area contributed by atoms with Crippen molar-refractivity contribution in [2.24, 2.45) is 11.8 Å². The topological polar surface area (TPSA) is 76.0 Å². The van der Waals surface area contributed by atoms with Crippen molar-refractivity contribution in [3.63, 3.8) is 0 Å². The van der Waals surface area contributed by atoms with E-state index >= 15 is 0 Å². The molecule has 2 N–H and O–H groups in total. The van der Waals surface area contributed by atoms with Crippen molar-refractivity contribution in [3.05, 3.63) is 47.1 Å². The molecule has 0 aliphatic heterocycles. The number of carbonyl (C=O) groups is 1. The Balaban J connectivity index is 2.33. The minimum absolute atomic E-state index is 0.0346. The molecule has 2 rings (SSSR count). The molecule has 1 aromatic rings. The van der Waals surface area contributed by atoms with Gasteiger partial charge in [-0.1, -0.05) is 37.1 Å². The average molecular weight is 389 g/mol. The van der Waals surface area contributed by atoms with Gasteiger partial charge in [0.05, 0.1) is 18.8 Å². The molecule has 1 aromatic carbocycles. The number of aliphatic hydroxyl groups is 1. The second-order valence-corrected chi connectivity index (χ2v) is 7.95. The molecule has 0 saturated carbocycles. The van der Waals surface area contributed by atoms with Crippen molar-refractivity contribution < 1.29 is 24.5 Å². The maximum absolute atomic E-state index is 12.8. The highest BCUT2D eigenvalue weighted by molar-refractivity contribution is 5.90. The zero-order valence-electron chi connectivity index (χ0n) is 17.4. The van der Waals surface area contributed by atoms with Gasteiger partial charge in [-0.05, 0) is 50.8 Å². The number of rotatable bonds is 4. The van der Waals surface area contributed by atoms with Crippen LogP contribution in [-0.2, 0) is 4.74 Å². The smallest absolute Gasteiger partial charge is 0.338 e. The Morgan fingerprint density at radius 2 is 1.93 bits per heavy atom. The number of benzene rings is 1. The molecular weight excluding hydrogens is 356 g/mol. The standard InChI is InChI=1S/C23H32O5/c1-14(2)22-19(25)11-15(3)7-6-8-16(4)12-21(22)28-23(26)17-9-10-18(24)20(13-17)27-5/h8-11,13-14,19,21-22,24-25H,6-7,12H2,1-5H3/b15-11+,16-8?. The molecule has 5 nitrogen and oxygen atoms in total. The lowest BCUT2D eigenvalue weighted by molar-refractivity contribution is -0.0217. The first-order valence-corrected chi connectivity index (χ1v) is 9.82.